The highest BCUT2D eigenvalue weighted by Gasteiger charge is 2.19. The highest BCUT2D eigenvalue weighted by molar-refractivity contribution is 5.63. The largest absolute Gasteiger partial charge is 0.310 e. The molecule has 1 aromatic heterocycles. The number of benzene rings is 1. The van der Waals surface area contributed by atoms with Crippen molar-refractivity contribution in [3.8, 4) is 11.3 Å². The van der Waals surface area contributed by atoms with Gasteiger partial charge in [0.05, 0.1) is 5.69 Å². The summed E-state index contributed by atoms with van der Waals surface area (Å²) in [7, 11) is 0. The minimum atomic E-state index is -1.57. The van der Waals surface area contributed by atoms with Crippen LogP contribution in [0.15, 0.2) is 16.9 Å². The predicted octanol–water partition coefficient (Wildman–Crippen LogP) is 3.29. The molecular weight excluding hydrogens is 269 g/mol. The average Bonchev–Trinajstić information content (AvgIpc) is 2.39. The van der Waals surface area contributed by atoms with E-state index < -0.39 is 23.0 Å². The molecule has 2 rings (SSSR count). The van der Waals surface area contributed by atoms with E-state index in [9.17, 15) is 18.0 Å². The van der Waals surface area contributed by atoms with Crippen molar-refractivity contribution in [2.75, 3.05) is 0 Å². The van der Waals surface area contributed by atoms with E-state index in [-0.39, 0.29) is 22.7 Å². The van der Waals surface area contributed by atoms with Crippen LogP contribution in [0.5, 0.6) is 0 Å². The zero-order chi connectivity index (χ0) is 15.0. The highest BCUT2D eigenvalue weighted by atomic mass is 19.2. The van der Waals surface area contributed by atoms with Crippen LogP contribution >= 0.6 is 0 Å². The van der Waals surface area contributed by atoms with Crippen LogP contribution in [0.25, 0.3) is 11.3 Å². The summed E-state index contributed by atoms with van der Waals surface area (Å²) in [5.41, 5.74) is -0.481. The van der Waals surface area contributed by atoms with Crippen molar-refractivity contribution in [2.24, 2.45) is 0 Å². The summed E-state index contributed by atoms with van der Waals surface area (Å²) in [4.78, 5) is 18.5. The van der Waals surface area contributed by atoms with Crippen LogP contribution in [0.1, 0.15) is 31.2 Å². The molecule has 0 amide bonds. The first kappa shape index (κ1) is 14.3. The van der Waals surface area contributed by atoms with E-state index in [1.807, 2.05) is 0 Å². The maximum atomic E-state index is 13.8. The predicted molar refractivity (Wildman–Crippen MR) is 69.0 cm³/mol. The Morgan fingerprint density at radius 2 is 1.80 bits per heavy atom. The molecule has 3 nitrogen and oxygen atoms in total. The molecular formula is C14H13F3N2O. The van der Waals surface area contributed by atoms with E-state index in [4.69, 9.17) is 0 Å². The maximum absolute atomic E-state index is 13.8. The third-order valence-corrected chi connectivity index (χ3v) is 3.01. The molecule has 106 valence electrons. The Balaban J connectivity index is 2.76. The van der Waals surface area contributed by atoms with Crippen molar-refractivity contribution in [1.82, 2.24) is 9.97 Å². The number of rotatable bonds is 2. The molecule has 0 aliphatic heterocycles. The third-order valence-electron chi connectivity index (χ3n) is 3.01. The van der Waals surface area contributed by atoms with Crippen molar-refractivity contribution >= 4 is 0 Å². The average molecular weight is 282 g/mol. The lowest BCUT2D eigenvalue weighted by Crippen LogP contribution is -2.17. The van der Waals surface area contributed by atoms with Gasteiger partial charge in [-0.3, -0.25) is 4.79 Å². The van der Waals surface area contributed by atoms with Gasteiger partial charge in [0.2, 0.25) is 0 Å². The minimum absolute atomic E-state index is 0.0221. The Hall–Kier alpha value is -2.11. The maximum Gasteiger partial charge on any atom is 0.254 e. The third kappa shape index (κ3) is 2.33. The standard InChI is InChI=1S/C14H13F3N2O/c1-6(2)13-18-12(7(3)14(20)19-13)8-4-5-9(15)11(17)10(8)16/h4-6H,1-3H3,(H,18,19,20). The lowest BCUT2D eigenvalue weighted by Gasteiger charge is -2.11. The number of halogens is 3. The SMILES string of the molecule is Cc1c(-c2ccc(F)c(F)c2F)nc(C(C)C)[nH]c1=O. The van der Waals surface area contributed by atoms with Gasteiger partial charge in [0, 0.05) is 17.0 Å². The molecule has 20 heavy (non-hydrogen) atoms. The monoisotopic (exact) mass is 282 g/mol. The van der Waals surface area contributed by atoms with Gasteiger partial charge in [-0.05, 0) is 19.1 Å². The van der Waals surface area contributed by atoms with Crippen LogP contribution in [0.2, 0.25) is 0 Å². The molecule has 0 unspecified atom stereocenters. The van der Waals surface area contributed by atoms with Gasteiger partial charge in [-0.2, -0.15) is 0 Å². The highest BCUT2D eigenvalue weighted by Crippen LogP contribution is 2.26. The number of aromatic nitrogens is 2. The fraction of sp³-hybridized carbons (Fsp3) is 0.286. The van der Waals surface area contributed by atoms with Crippen LogP contribution in [0.3, 0.4) is 0 Å². The van der Waals surface area contributed by atoms with Crippen LogP contribution in [-0.4, -0.2) is 9.97 Å². The Morgan fingerprint density at radius 1 is 1.15 bits per heavy atom. The number of H-pyrrole nitrogens is 1. The van der Waals surface area contributed by atoms with E-state index in [2.05, 4.69) is 9.97 Å². The van der Waals surface area contributed by atoms with E-state index >= 15 is 0 Å². The smallest absolute Gasteiger partial charge is 0.254 e. The van der Waals surface area contributed by atoms with Crippen LogP contribution in [-0.2, 0) is 0 Å². The molecule has 0 bridgehead atoms. The topological polar surface area (TPSA) is 45.8 Å². The normalized spacial score (nSPS) is 11.2. The van der Waals surface area contributed by atoms with Crippen molar-refractivity contribution in [2.45, 2.75) is 26.7 Å². The fourth-order valence-corrected chi connectivity index (χ4v) is 1.79. The quantitative estimate of drug-likeness (QED) is 0.859. The Labute approximate surface area is 113 Å². The number of nitrogens with zero attached hydrogens (tertiary/aromatic N) is 1. The first-order chi connectivity index (χ1) is 9.32. The van der Waals surface area contributed by atoms with Crippen LogP contribution in [0.4, 0.5) is 13.2 Å². The molecule has 1 aromatic carbocycles. The number of hydrogen-bond acceptors (Lipinski definition) is 2. The first-order valence-corrected chi connectivity index (χ1v) is 6.07. The molecule has 2 aromatic rings. The summed E-state index contributed by atoms with van der Waals surface area (Å²) < 4.78 is 40.1. The molecule has 0 aliphatic carbocycles. The lowest BCUT2D eigenvalue weighted by atomic mass is 10.1. The number of hydrogen-bond donors (Lipinski definition) is 1. The molecule has 0 radical (unpaired) electrons. The van der Waals surface area contributed by atoms with Gasteiger partial charge in [0.1, 0.15) is 5.82 Å². The molecule has 0 aliphatic rings. The van der Waals surface area contributed by atoms with E-state index in [0.717, 1.165) is 12.1 Å². The summed E-state index contributed by atoms with van der Waals surface area (Å²) in [5, 5.41) is 0. The second-order valence-electron chi connectivity index (χ2n) is 4.80. The Kier molecular flexibility index (Phi) is 3.65. The molecule has 0 spiro atoms. The van der Waals surface area contributed by atoms with Gasteiger partial charge >= 0.3 is 0 Å². The fourth-order valence-electron chi connectivity index (χ4n) is 1.79. The Morgan fingerprint density at radius 3 is 2.40 bits per heavy atom. The van der Waals surface area contributed by atoms with Gasteiger partial charge in [-0.1, -0.05) is 13.8 Å². The minimum Gasteiger partial charge on any atom is -0.310 e. The van der Waals surface area contributed by atoms with Crippen molar-refractivity contribution in [3.63, 3.8) is 0 Å². The molecule has 1 N–H and O–H groups in total. The van der Waals surface area contributed by atoms with Crippen molar-refractivity contribution in [1.29, 1.82) is 0 Å². The first-order valence-electron chi connectivity index (χ1n) is 6.07. The molecule has 0 fully saturated rings. The molecule has 1 heterocycles. The summed E-state index contributed by atoms with van der Waals surface area (Å²) in [5.74, 6) is -3.93. The molecule has 6 heteroatoms. The van der Waals surface area contributed by atoms with Crippen molar-refractivity contribution in [3.05, 3.63) is 51.3 Å². The molecule has 0 saturated carbocycles. The second kappa shape index (κ2) is 5.11. The number of aromatic amines is 1. The van der Waals surface area contributed by atoms with Gasteiger partial charge in [-0.25, -0.2) is 18.2 Å². The zero-order valence-corrected chi connectivity index (χ0v) is 11.2. The van der Waals surface area contributed by atoms with Gasteiger partial charge in [0.25, 0.3) is 5.56 Å². The molecule has 0 saturated heterocycles. The van der Waals surface area contributed by atoms with Gasteiger partial charge in [0.15, 0.2) is 17.5 Å². The summed E-state index contributed by atoms with van der Waals surface area (Å²) >= 11 is 0. The van der Waals surface area contributed by atoms with Crippen molar-refractivity contribution < 1.29 is 13.2 Å². The summed E-state index contributed by atoms with van der Waals surface area (Å²) in [6, 6.07) is 1.89. The van der Waals surface area contributed by atoms with E-state index in [1.165, 1.54) is 6.92 Å². The van der Waals surface area contributed by atoms with Gasteiger partial charge < -0.3 is 4.98 Å². The lowest BCUT2D eigenvalue weighted by molar-refractivity contribution is 0.448. The molecule has 0 atom stereocenters. The van der Waals surface area contributed by atoms with Gasteiger partial charge in [-0.15, -0.1) is 0 Å². The van der Waals surface area contributed by atoms with Crippen LogP contribution in [0, 0.1) is 24.4 Å². The van der Waals surface area contributed by atoms with E-state index in [0.29, 0.717) is 5.82 Å². The second-order valence-corrected chi connectivity index (χ2v) is 4.80. The zero-order valence-electron chi connectivity index (χ0n) is 11.2. The summed E-state index contributed by atoms with van der Waals surface area (Å²) in [6.45, 7) is 5.06. The summed E-state index contributed by atoms with van der Waals surface area (Å²) in [6.07, 6.45) is 0. The number of nitrogens with one attached hydrogen (secondary N) is 1. The van der Waals surface area contributed by atoms with Crippen LogP contribution < -0.4 is 5.56 Å². The Bertz CT molecular complexity index is 723. The van der Waals surface area contributed by atoms with E-state index in [1.54, 1.807) is 13.8 Å².